The third-order valence-corrected chi connectivity index (χ3v) is 1.67. The van der Waals surface area contributed by atoms with Crippen LogP contribution in [0.4, 0.5) is 4.79 Å². The number of esters is 1. The van der Waals surface area contributed by atoms with E-state index in [-0.39, 0.29) is 25.8 Å². The van der Waals surface area contributed by atoms with E-state index in [2.05, 4.69) is 10.1 Å². The van der Waals surface area contributed by atoms with Crippen LogP contribution in [-0.4, -0.2) is 42.6 Å². The molecular weight excluding hydrogens is 232 g/mol. The first-order chi connectivity index (χ1) is 7.95. The van der Waals surface area contributed by atoms with E-state index in [1.54, 1.807) is 0 Å². The van der Waals surface area contributed by atoms with Crippen LogP contribution in [0.1, 0.15) is 19.3 Å². The highest BCUT2D eigenvalue weighted by Crippen LogP contribution is 1.94. The molecule has 0 radical (unpaired) electrons. The summed E-state index contributed by atoms with van der Waals surface area (Å²) in [5.41, 5.74) is 0. The Bertz CT molecular complexity index is 315. The molecule has 0 aliphatic rings. The Morgan fingerprint density at radius 3 is 2.35 bits per heavy atom. The summed E-state index contributed by atoms with van der Waals surface area (Å²) in [6, 6.07) is -0.823. The standard InChI is InChI=1S/C9H14N2O6/c1-17-8(15)5-10-9(16)11-6(12)3-2-4-7(13)14/h2-5H2,1H3,(H,13,14)(H2,10,11,12,16). The molecule has 0 saturated carbocycles. The molecule has 8 heteroatoms. The van der Waals surface area contributed by atoms with Crippen molar-refractivity contribution in [1.82, 2.24) is 10.6 Å². The summed E-state index contributed by atoms with van der Waals surface area (Å²) in [7, 11) is 1.17. The van der Waals surface area contributed by atoms with Crippen molar-refractivity contribution in [2.45, 2.75) is 19.3 Å². The van der Waals surface area contributed by atoms with Crippen LogP contribution in [0.5, 0.6) is 0 Å². The van der Waals surface area contributed by atoms with Gasteiger partial charge in [-0.15, -0.1) is 0 Å². The maximum atomic E-state index is 11.1. The quantitative estimate of drug-likeness (QED) is 0.529. The molecule has 0 aliphatic carbocycles. The number of imide groups is 1. The molecule has 0 spiro atoms. The fourth-order valence-corrected chi connectivity index (χ4v) is 0.858. The summed E-state index contributed by atoms with van der Waals surface area (Å²) in [5.74, 6) is -2.25. The van der Waals surface area contributed by atoms with Gasteiger partial charge in [-0.05, 0) is 6.42 Å². The number of carboxylic acid groups (broad SMARTS) is 1. The topological polar surface area (TPSA) is 122 Å². The van der Waals surface area contributed by atoms with Crippen LogP contribution in [0.25, 0.3) is 0 Å². The first kappa shape index (κ1) is 14.9. The number of nitrogens with one attached hydrogen (secondary N) is 2. The highest BCUT2D eigenvalue weighted by Gasteiger charge is 2.09. The Hall–Kier alpha value is -2.12. The van der Waals surface area contributed by atoms with Gasteiger partial charge in [0.2, 0.25) is 5.91 Å². The van der Waals surface area contributed by atoms with Crippen molar-refractivity contribution in [3.05, 3.63) is 0 Å². The largest absolute Gasteiger partial charge is 0.481 e. The minimum atomic E-state index is -1.01. The first-order valence-corrected chi connectivity index (χ1v) is 4.82. The molecule has 3 amide bonds. The van der Waals surface area contributed by atoms with Gasteiger partial charge in [0.1, 0.15) is 6.54 Å². The minimum absolute atomic E-state index is 0.0715. The van der Waals surface area contributed by atoms with E-state index >= 15 is 0 Å². The SMILES string of the molecule is COC(=O)CNC(=O)NC(=O)CCCC(=O)O. The second kappa shape index (κ2) is 8.08. The summed E-state index contributed by atoms with van der Waals surface area (Å²) in [4.78, 5) is 42.9. The molecule has 0 rings (SSSR count). The predicted octanol–water partition coefficient (Wildman–Crippen LogP) is -0.760. The molecule has 0 heterocycles. The Kier molecular flexibility index (Phi) is 7.07. The molecule has 96 valence electrons. The van der Waals surface area contributed by atoms with Gasteiger partial charge in [-0.2, -0.15) is 0 Å². The van der Waals surface area contributed by atoms with E-state index < -0.39 is 23.9 Å². The Labute approximate surface area is 97.3 Å². The van der Waals surface area contributed by atoms with Gasteiger partial charge in [-0.1, -0.05) is 0 Å². The minimum Gasteiger partial charge on any atom is -0.481 e. The van der Waals surface area contributed by atoms with Crippen molar-refractivity contribution < 1.29 is 29.0 Å². The van der Waals surface area contributed by atoms with Crippen LogP contribution < -0.4 is 10.6 Å². The van der Waals surface area contributed by atoms with Crippen LogP contribution in [0.3, 0.4) is 0 Å². The van der Waals surface area contributed by atoms with Gasteiger partial charge in [-0.3, -0.25) is 19.7 Å². The normalized spacial score (nSPS) is 9.24. The predicted molar refractivity (Wildman–Crippen MR) is 55.0 cm³/mol. The number of carbonyl (C=O) groups is 4. The van der Waals surface area contributed by atoms with Crippen LogP contribution in [0.15, 0.2) is 0 Å². The Morgan fingerprint density at radius 1 is 1.18 bits per heavy atom. The lowest BCUT2D eigenvalue weighted by atomic mass is 10.2. The number of ether oxygens (including phenoxy) is 1. The molecule has 0 unspecified atom stereocenters. The van der Waals surface area contributed by atoms with Gasteiger partial charge in [0.05, 0.1) is 7.11 Å². The molecule has 0 aromatic rings. The second-order valence-electron chi connectivity index (χ2n) is 3.05. The lowest BCUT2D eigenvalue weighted by molar-refractivity contribution is -0.139. The third kappa shape index (κ3) is 8.85. The van der Waals surface area contributed by atoms with Gasteiger partial charge in [0, 0.05) is 12.8 Å². The Morgan fingerprint density at radius 2 is 1.82 bits per heavy atom. The van der Waals surface area contributed by atoms with Gasteiger partial charge in [-0.25, -0.2) is 4.79 Å². The monoisotopic (exact) mass is 246 g/mol. The average molecular weight is 246 g/mol. The molecule has 0 bridgehead atoms. The van der Waals surface area contributed by atoms with Crippen molar-refractivity contribution in [3.8, 4) is 0 Å². The number of urea groups is 1. The van der Waals surface area contributed by atoms with Crippen molar-refractivity contribution >= 4 is 23.9 Å². The highest BCUT2D eigenvalue weighted by molar-refractivity contribution is 5.95. The molecule has 0 aliphatic heterocycles. The van der Waals surface area contributed by atoms with E-state index in [0.29, 0.717) is 0 Å². The molecule has 0 fully saturated rings. The van der Waals surface area contributed by atoms with E-state index in [9.17, 15) is 19.2 Å². The van der Waals surface area contributed by atoms with Crippen molar-refractivity contribution in [2.24, 2.45) is 0 Å². The number of aliphatic carboxylic acids is 1. The summed E-state index contributed by atoms with van der Waals surface area (Å²) in [6.45, 7) is -0.343. The lowest BCUT2D eigenvalue weighted by Gasteiger charge is -2.05. The average Bonchev–Trinajstić information content (AvgIpc) is 2.25. The molecule has 0 aromatic heterocycles. The molecule has 8 nitrogen and oxygen atoms in total. The summed E-state index contributed by atoms with van der Waals surface area (Å²) >= 11 is 0. The van der Waals surface area contributed by atoms with Crippen LogP contribution in [0, 0.1) is 0 Å². The summed E-state index contributed by atoms with van der Waals surface area (Å²) < 4.78 is 4.27. The maximum absolute atomic E-state index is 11.1. The second-order valence-corrected chi connectivity index (χ2v) is 3.05. The number of rotatable bonds is 6. The number of hydrogen-bond acceptors (Lipinski definition) is 5. The third-order valence-electron chi connectivity index (χ3n) is 1.67. The Balaban J connectivity index is 3.69. The molecular formula is C9H14N2O6. The van der Waals surface area contributed by atoms with Crippen molar-refractivity contribution in [2.75, 3.05) is 13.7 Å². The molecule has 3 N–H and O–H groups in total. The van der Waals surface area contributed by atoms with Gasteiger partial charge < -0.3 is 15.2 Å². The maximum Gasteiger partial charge on any atom is 0.325 e. The first-order valence-electron chi connectivity index (χ1n) is 4.82. The zero-order valence-electron chi connectivity index (χ0n) is 9.32. The number of carboxylic acids is 1. The molecule has 0 atom stereocenters. The molecule has 17 heavy (non-hydrogen) atoms. The van der Waals surface area contributed by atoms with E-state index in [1.807, 2.05) is 5.32 Å². The zero-order chi connectivity index (χ0) is 13.3. The fourth-order valence-electron chi connectivity index (χ4n) is 0.858. The van der Waals surface area contributed by atoms with Crippen molar-refractivity contribution in [1.29, 1.82) is 0 Å². The molecule has 0 aromatic carbocycles. The van der Waals surface area contributed by atoms with E-state index in [4.69, 9.17) is 5.11 Å². The van der Waals surface area contributed by atoms with Gasteiger partial charge >= 0.3 is 18.0 Å². The van der Waals surface area contributed by atoms with Crippen LogP contribution in [0.2, 0.25) is 0 Å². The summed E-state index contributed by atoms with van der Waals surface area (Å²) in [6.07, 6.45) is -0.0689. The number of methoxy groups -OCH3 is 1. The zero-order valence-corrected chi connectivity index (χ0v) is 9.32. The van der Waals surface area contributed by atoms with Gasteiger partial charge in [0.25, 0.3) is 0 Å². The van der Waals surface area contributed by atoms with Crippen LogP contribution in [-0.2, 0) is 19.1 Å². The van der Waals surface area contributed by atoms with Crippen molar-refractivity contribution in [3.63, 3.8) is 0 Å². The fraction of sp³-hybridized carbons (Fsp3) is 0.556. The highest BCUT2D eigenvalue weighted by atomic mass is 16.5. The summed E-state index contributed by atoms with van der Waals surface area (Å²) in [5, 5.41) is 12.4. The number of carbonyl (C=O) groups excluding carboxylic acids is 3. The number of amides is 3. The lowest BCUT2D eigenvalue weighted by Crippen LogP contribution is -2.41. The smallest absolute Gasteiger partial charge is 0.325 e. The van der Waals surface area contributed by atoms with Gasteiger partial charge in [0.15, 0.2) is 0 Å². The van der Waals surface area contributed by atoms with Crippen LogP contribution >= 0.6 is 0 Å². The van der Waals surface area contributed by atoms with E-state index in [0.717, 1.165) is 0 Å². The molecule has 0 saturated heterocycles. The number of hydrogen-bond donors (Lipinski definition) is 3. The van der Waals surface area contributed by atoms with E-state index in [1.165, 1.54) is 7.11 Å².